The number of carbonyl (C=O) groups is 2. The van der Waals surface area contributed by atoms with Gasteiger partial charge in [0.2, 0.25) is 5.91 Å². The number of carboxylic acid groups (broad SMARTS) is 1. The molecule has 0 heterocycles. The average molecular weight is 272 g/mol. The molecule has 0 radical (unpaired) electrons. The molecule has 0 aliphatic heterocycles. The predicted molar refractivity (Wildman–Crippen MR) is 65.1 cm³/mol. The lowest BCUT2D eigenvalue weighted by Gasteiger charge is -2.08. The summed E-state index contributed by atoms with van der Waals surface area (Å²) >= 11 is 0. The van der Waals surface area contributed by atoms with E-state index in [0.717, 1.165) is 12.5 Å². The fourth-order valence-corrected chi connectivity index (χ4v) is 1.38. The number of carbonyl (C=O) groups excluding carboxylic acids is 1. The van der Waals surface area contributed by atoms with Crippen molar-refractivity contribution in [1.82, 2.24) is 5.32 Å². The van der Waals surface area contributed by atoms with E-state index < -0.39 is 29.1 Å². The quantitative estimate of drug-likeness (QED) is 0.687. The maximum Gasteiger partial charge on any atom is 0.338 e. The molecule has 1 amide bonds. The van der Waals surface area contributed by atoms with Gasteiger partial charge in [-0.3, -0.25) is 4.79 Å². The molecule has 1 rings (SSSR count). The smallest absolute Gasteiger partial charge is 0.338 e. The largest absolute Gasteiger partial charge is 0.478 e. The van der Waals surface area contributed by atoms with E-state index in [4.69, 9.17) is 5.11 Å². The highest BCUT2D eigenvalue weighted by Gasteiger charge is 2.16. The third-order valence-electron chi connectivity index (χ3n) is 2.27. The zero-order chi connectivity index (χ0) is 14.4. The van der Waals surface area contributed by atoms with Crippen LogP contribution in [0.3, 0.4) is 0 Å². The van der Waals surface area contributed by atoms with Crippen LogP contribution in [0.2, 0.25) is 0 Å². The molecular weight excluding hydrogens is 258 g/mol. The number of hydrogen-bond donors (Lipinski definition) is 3. The Morgan fingerprint density at radius 2 is 1.95 bits per heavy atom. The molecule has 1 aromatic carbocycles. The number of carboxylic acids is 1. The maximum atomic E-state index is 13.4. The van der Waals surface area contributed by atoms with Crippen LogP contribution in [0.5, 0.6) is 0 Å². The van der Waals surface area contributed by atoms with Crippen molar-refractivity contribution in [2.75, 3.05) is 18.4 Å². The third kappa shape index (κ3) is 4.29. The second-order valence-electron chi connectivity index (χ2n) is 3.84. The van der Waals surface area contributed by atoms with Crippen LogP contribution in [0.15, 0.2) is 12.1 Å². The first kappa shape index (κ1) is 15.0. The van der Waals surface area contributed by atoms with Crippen LogP contribution in [0.1, 0.15) is 23.7 Å². The van der Waals surface area contributed by atoms with Crippen molar-refractivity contribution >= 4 is 17.6 Å². The number of hydrogen-bond acceptors (Lipinski definition) is 3. The molecule has 19 heavy (non-hydrogen) atoms. The Balaban J connectivity index is 2.80. The SMILES string of the molecule is CCCNCC(=O)Nc1cc(C(=O)O)c(F)cc1F. The summed E-state index contributed by atoms with van der Waals surface area (Å²) in [7, 11) is 0. The number of benzene rings is 1. The van der Waals surface area contributed by atoms with Crippen molar-refractivity contribution in [3.8, 4) is 0 Å². The highest BCUT2D eigenvalue weighted by Crippen LogP contribution is 2.19. The lowest BCUT2D eigenvalue weighted by atomic mass is 10.2. The molecule has 7 heteroatoms. The molecule has 0 unspecified atom stereocenters. The van der Waals surface area contributed by atoms with E-state index in [-0.39, 0.29) is 12.2 Å². The topological polar surface area (TPSA) is 78.4 Å². The zero-order valence-corrected chi connectivity index (χ0v) is 10.3. The Bertz CT molecular complexity index is 492. The highest BCUT2D eigenvalue weighted by atomic mass is 19.1. The number of halogens is 2. The third-order valence-corrected chi connectivity index (χ3v) is 2.27. The molecule has 0 saturated heterocycles. The van der Waals surface area contributed by atoms with Gasteiger partial charge in [0, 0.05) is 6.07 Å². The van der Waals surface area contributed by atoms with E-state index in [0.29, 0.717) is 12.6 Å². The molecule has 0 spiro atoms. The highest BCUT2D eigenvalue weighted by molar-refractivity contribution is 5.95. The van der Waals surface area contributed by atoms with E-state index in [1.165, 1.54) is 0 Å². The molecule has 0 atom stereocenters. The van der Waals surface area contributed by atoms with Crippen LogP contribution in [0.4, 0.5) is 14.5 Å². The molecular formula is C12H14F2N2O3. The Kier molecular flexibility index (Phi) is 5.37. The normalized spacial score (nSPS) is 10.3. The number of aromatic carboxylic acids is 1. The van der Waals surface area contributed by atoms with E-state index in [9.17, 15) is 18.4 Å². The van der Waals surface area contributed by atoms with Crippen LogP contribution in [0.25, 0.3) is 0 Å². The van der Waals surface area contributed by atoms with E-state index >= 15 is 0 Å². The molecule has 0 aliphatic carbocycles. The van der Waals surface area contributed by atoms with Gasteiger partial charge in [0.15, 0.2) is 0 Å². The second kappa shape index (κ2) is 6.79. The predicted octanol–water partition coefficient (Wildman–Crippen LogP) is 1.60. The summed E-state index contributed by atoms with van der Waals surface area (Å²) in [5, 5.41) is 13.7. The lowest BCUT2D eigenvalue weighted by Crippen LogP contribution is -2.29. The van der Waals surface area contributed by atoms with Crippen LogP contribution in [-0.2, 0) is 4.79 Å². The van der Waals surface area contributed by atoms with Gasteiger partial charge in [-0.1, -0.05) is 6.92 Å². The summed E-state index contributed by atoms with van der Waals surface area (Å²) in [6.07, 6.45) is 0.835. The number of rotatable bonds is 6. The molecule has 3 N–H and O–H groups in total. The van der Waals surface area contributed by atoms with Gasteiger partial charge in [0.25, 0.3) is 0 Å². The summed E-state index contributed by atoms with van der Waals surface area (Å²) < 4.78 is 26.5. The van der Waals surface area contributed by atoms with Gasteiger partial charge in [0.05, 0.1) is 17.8 Å². The van der Waals surface area contributed by atoms with Gasteiger partial charge in [-0.15, -0.1) is 0 Å². The fraction of sp³-hybridized carbons (Fsp3) is 0.333. The Labute approximate surface area is 108 Å². The molecule has 1 aromatic rings. The summed E-state index contributed by atoms with van der Waals surface area (Å²) in [6, 6.07) is 1.18. The first-order valence-corrected chi connectivity index (χ1v) is 5.68. The van der Waals surface area contributed by atoms with Gasteiger partial charge in [-0.05, 0) is 19.0 Å². The second-order valence-corrected chi connectivity index (χ2v) is 3.84. The van der Waals surface area contributed by atoms with Crippen LogP contribution < -0.4 is 10.6 Å². The summed E-state index contributed by atoms with van der Waals surface area (Å²) in [5.41, 5.74) is -1.06. The van der Waals surface area contributed by atoms with Crippen molar-refractivity contribution in [3.05, 3.63) is 29.3 Å². The Morgan fingerprint density at radius 3 is 2.53 bits per heavy atom. The van der Waals surface area contributed by atoms with Crippen LogP contribution in [0, 0.1) is 11.6 Å². The van der Waals surface area contributed by atoms with Crippen molar-refractivity contribution < 1.29 is 23.5 Å². The number of amides is 1. The van der Waals surface area contributed by atoms with Gasteiger partial charge in [0.1, 0.15) is 11.6 Å². The molecule has 5 nitrogen and oxygen atoms in total. The molecule has 104 valence electrons. The molecule has 0 aromatic heterocycles. The minimum Gasteiger partial charge on any atom is -0.478 e. The van der Waals surface area contributed by atoms with E-state index in [1.54, 1.807) is 0 Å². The zero-order valence-electron chi connectivity index (χ0n) is 10.3. The van der Waals surface area contributed by atoms with Crippen LogP contribution >= 0.6 is 0 Å². The maximum absolute atomic E-state index is 13.4. The number of nitrogens with one attached hydrogen (secondary N) is 2. The first-order valence-electron chi connectivity index (χ1n) is 5.68. The molecule has 0 aliphatic rings. The van der Waals surface area contributed by atoms with E-state index in [1.807, 2.05) is 6.92 Å². The molecule has 0 saturated carbocycles. The van der Waals surface area contributed by atoms with Gasteiger partial charge in [-0.2, -0.15) is 0 Å². The monoisotopic (exact) mass is 272 g/mol. The van der Waals surface area contributed by atoms with Gasteiger partial charge in [-0.25, -0.2) is 13.6 Å². The minimum atomic E-state index is -1.53. The van der Waals surface area contributed by atoms with Crippen molar-refractivity contribution in [3.63, 3.8) is 0 Å². The molecule has 0 fully saturated rings. The summed E-state index contributed by atoms with van der Waals surface area (Å²) in [5.74, 6) is -4.27. The first-order chi connectivity index (χ1) is 8.95. The average Bonchev–Trinajstić information content (AvgIpc) is 2.32. The molecule has 0 bridgehead atoms. The van der Waals surface area contributed by atoms with Crippen molar-refractivity contribution in [2.45, 2.75) is 13.3 Å². The Morgan fingerprint density at radius 1 is 1.26 bits per heavy atom. The minimum absolute atomic E-state index is 0.0347. The lowest BCUT2D eigenvalue weighted by molar-refractivity contribution is -0.115. The van der Waals surface area contributed by atoms with Crippen molar-refractivity contribution in [1.29, 1.82) is 0 Å². The van der Waals surface area contributed by atoms with Gasteiger partial charge < -0.3 is 15.7 Å². The van der Waals surface area contributed by atoms with Crippen molar-refractivity contribution in [2.24, 2.45) is 0 Å². The van der Waals surface area contributed by atoms with Gasteiger partial charge >= 0.3 is 5.97 Å². The fourth-order valence-electron chi connectivity index (χ4n) is 1.38. The Hall–Kier alpha value is -2.02. The number of anilines is 1. The standard InChI is InChI=1S/C12H14F2N2O3/c1-2-3-15-6-11(17)16-10-4-7(12(18)19)8(13)5-9(10)14/h4-5,15H,2-3,6H2,1H3,(H,16,17)(H,18,19). The summed E-state index contributed by atoms with van der Waals surface area (Å²) in [4.78, 5) is 22.1. The summed E-state index contributed by atoms with van der Waals surface area (Å²) in [6.45, 7) is 2.51. The van der Waals surface area contributed by atoms with E-state index in [2.05, 4.69) is 10.6 Å². The van der Waals surface area contributed by atoms with Crippen LogP contribution in [-0.4, -0.2) is 30.1 Å².